The van der Waals surface area contributed by atoms with E-state index >= 15 is 0 Å². The molecule has 2 aromatic carbocycles. The van der Waals surface area contributed by atoms with Crippen molar-refractivity contribution in [2.24, 2.45) is 20.5 Å². The smallest absolute Gasteiger partial charge is 0.194 e. The summed E-state index contributed by atoms with van der Waals surface area (Å²) >= 11 is 0. The fourth-order valence-electron chi connectivity index (χ4n) is 1.66. The quantitative estimate of drug-likeness (QED) is 0.730. The van der Waals surface area contributed by atoms with E-state index in [1.807, 2.05) is 38.1 Å². The van der Waals surface area contributed by atoms with Crippen LogP contribution in [0.25, 0.3) is 0 Å². The molecule has 2 rings (SSSR count). The van der Waals surface area contributed by atoms with E-state index in [1.165, 1.54) is 0 Å². The molecule has 7 heteroatoms. The highest BCUT2D eigenvalue weighted by Crippen LogP contribution is 2.14. The topological polar surface area (TPSA) is 83.6 Å². The van der Waals surface area contributed by atoms with E-state index in [9.17, 15) is 8.42 Å². The van der Waals surface area contributed by atoms with Crippen molar-refractivity contribution in [3.05, 3.63) is 59.7 Å². The molecule has 0 aliphatic carbocycles. The van der Waals surface area contributed by atoms with Crippen LogP contribution in [0.1, 0.15) is 11.1 Å². The predicted octanol–water partition coefficient (Wildman–Crippen LogP) is 4.50. The van der Waals surface area contributed by atoms with Crippen LogP contribution in [-0.4, -0.2) is 20.2 Å². The lowest BCUT2D eigenvalue weighted by atomic mass is 10.2. The summed E-state index contributed by atoms with van der Waals surface area (Å²) in [5.74, 6) is -0.818. The Labute approximate surface area is 135 Å². The maximum Gasteiger partial charge on any atom is 0.194 e. The number of azo groups is 2. The zero-order valence-corrected chi connectivity index (χ0v) is 13.9. The highest BCUT2D eigenvalue weighted by atomic mass is 32.2. The van der Waals surface area contributed by atoms with Crippen molar-refractivity contribution in [2.45, 2.75) is 13.8 Å². The average molecular weight is 330 g/mol. The van der Waals surface area contributed by atoms with Crippen LogP contribution in [0.2, 0.25) is 0 Å². The molecule has 0 aromatic heterocycles. The van der Waals surface area contributed by atoms with Crippen LogP contribution in [0.15, 0.2) is 69.0 Å². The van der Waals surface area contributed by atoms with Gasteiger partial charge in [-0.15, -0.1) is 0 Å². The highest BCUT2D eigenvalue weighted by Gasteiger charge is 2.08. The third-order valence-corrected chi connectivity index (χ3v) is 3.97. The monoisotopic (exact) mass is 330 g/mol. The molecule has 0 atom stereocenters. The highest BCUT2D eigenvalue weighted by molar-refractivity contribution is 7.91. The van der Waals surface area contributed by atoms with Gasteiger partial charge in [-0.25, -0.2) is 8.42 Å². The van der Waals surface area contributed by atoms with E-state index in [1.54, 1.807) is 24.3 Å². The Balaban J connectivity index is 1.89. The Morgan fingerprint density at radius 2 is 1.04 bits per heavy atom. The molecule has 0 unspecified atom stereocenters. The second kappa shape index (κ2) is 7.73. The molecular formula is C16H18N4O2S. The molecule has 23 heavy (non-hydrogen) atoms. The first kappa shape index (κ1) is 17.0. The first-order valence-electron chi connectivity index (χ1n) is 7.03. The number of hydrogen-bond acceptors (Lipinski definition) is 6. The van der Waals surface area contributed by atoms with Gasteiger partial charge in [-0.1, -0.05) is 35.4 Å². The summed E-state index contributed by atoms with van der Waals surface area (Å²) < 4.78 is 23.6. The molecule has 0 saturated heterocycles. The fourth-order valence-corrected chi connectivity index (χ4v) is 2.21. The third-order valence-electron chi connectivity index (χ3n) is 2.95. The van der Waals surface area contributed by atoms with Gasteiger partial charge in [0.25, 0.3) is 0 Å². The summed E-state index contributed by atoms with van der Waals surface area (Å²) in [5, 5.41) is 15.2. The lowest BCUT2D eigenvalue weighted by molar-refractivity contribution is 0.595. The summed E-state index contributed by atoms with van der Waals surface area (Å²) in [4.78, 5) is 0. The molecule has 0 fully saturated rings. The Morgan fingerprint density at radius 1 is 0.696 bits per heavy atom. The molecule has 0 amide bonds. The molecule has 0 saturated carbocycles. The number of hydrogen-bond donors (Lipinski definition) is 0. The van der Waals surface area contributed by atoms with Crippen molar-refractivity contribution in [3.63, 3.8) is 0 Å². The van der Waals surface area contributed by atoms with Gasteiger partial charge in [-0.3, -0.25) is 0 Å². The van der Waals surface area contributed by atoms with Gasteiger partial charge in [0.2, 0.25) is 0 Å². The van der Waals surface area contributed by atoms with E-state index in [2.05, 4.69) is 20.5 Å². The van der Waals surface area contributed by atoms with Crippen LogP contribution in [-0.2, 0) is 9.84 Å². The Bertz CT molecular complexity index is 731. The standard InChI is InChI=1S/C16H18N4O2S/c1-13-3-7-15(8-4-13)19-17-11-23(21,22)12-18-20-16-9-5-14(2)6-10-16/h3-10H,11-12H2,1-2H3. The largest absolute Gasteiger partial charge is 0.225 e. The molecule has 2 aromatic rings. The van der Waals surface area contributed by atoms with E-state index < -0.39 is 21.6 Å². The molecule has 0 spiro atoms. The van der Waals surface area contributed by atoms with E-state index in [0.29, 0.717) is 11.4 Å². The number of rotatable bonds is 6. The van der Waals surface area contributed by atoms with Crippen LogP contribution in [0.3, 0.4) is 0 Å². The minimum atomic E-state index is -3.46. The third kappa shape index (κ3) is 6.07. The molecule has 120 valence electrons. The van der Waals surface area contributed by atoms with Gasteiger partial charge in [0, 0.05) is 0 Å². The zero-order valence-electron chi connectivity index (χ0n) is 13.0. The number of benzene rings is 2. The van der Waals surface area contributed by atoms with Gasteiger partial charge in [0.15, 0.2) is 21.6 Å². The Hall–Kier alpha value is -2.41. The van der Waals surface area contributed by atoms with Gasteiger partial charge in [-0.05, 0) is 38.1 Å². The maximum absolute atomic E-state index is 11.8. The summed E-state index contributed by atoms with van der Waals surface area (Å²) in [5.41, 5.74) is 3.44. The SMILES string of the molecule is Cc1ccc(N=NCS(=O)(=O)CN=Nc2ccc(C)cc2)cc1. The van der Waals surface area contributed by atoms with Crippen LogP contribution in [0.5, 0.6) is 0 Å². The number of aryl methyl sites for hydroxylation is 2. The fraction of sp³-hybridized carbons (Fsp3) is 0.250. The normalized spacial score (nSPS) is 12.3. The lowest BCUT2D eigenvalue weighted by Gasteiger charge is -1.96. The zero-order chi connectivity index (χ0) is 16.7. The van der Waals surface area contributed by atoms with E-state index in [0.717, 1.165) is 11.1 Å². The van der Waals surface area contributed by atoms with Crippen LogP contribution < -0.4 is 0 Å². The Kier molecular flexibility index (Phi) is 5.70. The second-order valence-electron chi connectivity index (χ2n) is 5.16. The second-order valence-corrected chi connectivity index (χ2v) is 7.16. The molecule has 6 nitrogen and oxygen atoms in total. The van der Waals surface area contributed by atoms with E-state index in [4.69, 9.17) is 0 Å². The van der Waals surface area contributed by atoms with Gasteiger partial charge in [0.1, 0.15) is 0 Å². The van der Waals surface area contributed by atoms with Crippen molar-refractivity contribution in [2.75, 3.05) is 11.8 Å². The van der Waals surface area contributed by atoms with Crippen LogP contribution in [0, 0.1) is 13.8 Å². The maximum atomic E-state index is 11.8. The van der Waals surface area contributed by atoms with Crippen molar-refractivity contribution in [1.29, 1.82) is 0 Å². The summed E-state index contributed by atoms with van der Waals surface area (Å²) in [7, 11) is -3.46. The lowest BCUT2D eigenvalue weighted by Crippen LogP contribution is -2.06. The van der Waals surface area contributed by atoms with Crippen LogP contribution in [0.4, 0.5) is 11.4 Å². The van der Waals surface area contributed by atoms with Crippen molar-refractivity contribution < 1.29 is 8.42 Å². The molecule has 0 radical (unpaired) electrons. The number of nitrogens with zero attached hydrogens (tertiary/aromatic N) is 4. The first-order chi connectivity index (χ1) is 10.9. The van der Waals surface area contributed by atoms with Crippen molar-refractivity contribution >= 4 is 21.2 Å². The molecule has 0 heterocycles. The average Bonchev–Trinajstić information content (AvgIpc) is 2.51. The molecule has 0 aliphatic heterocycles. The molecule has 0 bridgehead atoms. The van der Waals surface area contributed by atoms with Crippen molar-refractivity contribution in [3.8, 4) is 0 Å². The minimum Gasteiger partial charge on any atom is -0.225 e. The number of sulfone groups is 1. The summed E-state index contributed by atoms with van der Waals surface area (Å²) in [6, 6.07) is 14.7. The van der Waals surface area contributed by atoms with Gasteiger partial charge in [0.05, 0.1) is 11.4 Å². The Morgan fingerprint density at radius 3 is 1.39 bits per heavy atom. The molecular weight excluding hydrogens is 312 g/mol. The molecule has 0 N–H and O–H groups in total. The van der Waals surface area contributed by atoms with Gasteiger partial charge < -0.3 is 0 Å². The van der Waals surface area contributed by atoms with Gasteiger partial charge >= 0.3 is 0 Å². The van der Waals surface area contributed by atoms with E-state index in [-0.39, 0.29) is 0 Å². The minimum absolute atomic E-state index is 0.409. The van der Waals surface area contributed by atoms with Crippen molar-refractivity contribution in [1.82, 2.24) is 0 Å². The summed E-state index contributed by atoms with van der Waals surface area (Å²) in [6.07, 6.45) is 0. The predicted molar refractivity (Wildman–Crippen MR) is 90.0 cm³/mol. The van der Waals surface area contributed by atoms with Crippen LogP contribution >= 0.6 is 0 Å². The first-order valence-corrected chi connectivity index (χ1v) is 8.85. The van der Waals surface area contributed by atoms with Gasteiger partial charge in [-0.2, -0.15) is 20.5 Å². The summed E-state index contributed by atoms with van der Waals surface area (Å²) in [6.45, 7) is 3.93. The molecule has 0 aliphatic rings.